The van der Waals surface area contributed by atoms with Crippen LogP contribution in [-0.2, 0) is 4.79 Å². The Balaban J connectivity index is 1.69. The van der Waals surface area contributed by atoms with Crippen LogP contribution < -0.4 is 9.64 Å². The van der Waals surface area contributed by atoms with Crippen molar-refractivity contribution < 1.29 is 19.4 Å². The van der Waals surface area contributed by atoms with E-state index in [9.17, 15) is 14.7 Å². The van der Waals surface area contributed by atoms with Crippen LogP contribution in [0, 0.1) is 6.92 Å². The van der Waals surface area contributed by atoms with Gasteiger partial charge in [-0.15, -0.1) is 0 Å². The summed E-state index contributed by atoms with van der Waals surface area (Å²) in [6, 6.07) is 11.4. The second-order valence-electron chi connectivity index (χ2n) is 8.29. The van der Waals surface area contributed by atoms with Crippen molar-refractivity contribution in [3.63, 3.8) is 0 Å². The minimum absolute atomic E-state index is 0.0789. The van der Waals surface area contributed by atoms with Gasteiger partial charge in [0, 0.05) is 30.4 Å². The molecule has 7 heteroatoms. The topological polar surface area (TPSA) is 70.1 Å². The highest BCUT2D eigenvalue weighted by molar-refractivity contribution is 8.18. The number of imide groups is 1. The smallest absolute Gasteiger partial charge is 0.293 e. The van der Waals surface area contributed by atoms with E-state index in [1.54, 1.807) is 18.2 Å². The second-order valence-corrected chi connectivity index (χ2v) is 9.29. The fourth-order valence-electron chi connectivity index (χ4n) is 3.76. The molecule has 1 heterocycles. The Morgan fingerprint density at radius 1 is 1.12 bits per heavy atom. The molecule has 2 amide bonds. The monoisotopic (exact) mass is 468 g/mol. The second kappa shape index (κ2) is 10.8. The number of rotatable bonds is 9. The highest BCUT2D eigenvalue weighted by atomic mass is 32.2. The summed E-state index contributed by atoms with van der Waals surface area (Å²) in [6.45, 7) is 12.4. The van der Waals surface area contributed by atoms with Crippen molar-refractivity contribution in [1.82, 2.24) is 4.90 Å². The van der Waals surface area contributed by atoms with Gasteiger partial charge >= 0.3 is 0 Å². The summed E-state index contributed by atoms with van der Waals surface area (Å²) in [5.41, 5.74) is 3.61. The van der Waals surface area contributed by atoms with Crippen LogP contribution in [0.4, 0.5) is 10.5 Å². The van der Waals surface area contributed by atoms with Gasteiger partial charge in [-0.25, -0.2) is 0 Å². The molecule has 0 bridgehead atoms. The minimum Gasteiger partial charge on any atom is -0.507 e. The van der Waals surface area contributed by atoms with Gasteiger partial charge in [0.1, 0.15) is 18.1 Å². The van der Waals surface area contributed by atoms with Gasteiger partial charge in [0.2, 0.25) is 0 Å². The lowest BCUT2D eigenvalue weighted by Gasteiger charge is -2.21. The van der Waals surface area contributed by atoms with Gasteiger partial charge in [0.15, 0.2) is 0 Å². The lowest BCUT2D eigenvalue weighted by atomic mass is 10.0. The lowest BCUT2D eigenvalue weighted by Crippen LogP contribution is -2.32. The van der Waals surface area contributed by atoms with Crippen molar-refractivity contribution in [1.29, 1.82) is 0 Å². The average Bonchev–Trinajstić information content (AvgIpc) is 3.03. The quantitative estimate of drug-likeness (QED) is 0.470. The number of nitrogens with zero attached hydrogens (tertiary/aromatic N) is 2. The maximum atomic E-state index is 12.8. The Labute approximate surface area is 200 Å². The predicted octanol–water partition coefficient (Wildman–Crippen LogP) is 5.79. The van der Waals surface area contributed by atoms with Crippen LogP contribution in [-0.4, -0.2) is 47.4 Å². The number of amides is 2. The first-order valence-corrected chi connectivity index (χ1v) is 12.1. The molecule has 0 unspecified atom stereocenters. The van der Waals surface area contributed by atoms with Gasteiger partial charge in [-0.3, -0.25) is 14.5 Å². The molecule has 33 heavy (non-hydrogen) atoms. The van der Waals surface area contributed by atoms with Crippen molar-refractivity contribution in [3.8, 4) is 11.5 Å². The largest absolute Gasteiger partial charge is 0.507 e. The molecule has 176 valence electrons. The van der Waals surface area contributed by atoms with E-state index in [0.717, 1.165) is 47.4 Å². The molecule has 1 fully saturated rings. The molecule has 0 aromatic heterocycles. The van der Waals surface area contributed by atoms with Gasteiger partial charge in [-0.2, -0.15) is 0 Å². The van der Waals surface area contributed by atoms with Crippen LogP contribution in [0.25, 0.3) is 6.08 Å². The van der Waals surface area contributed by atoms with Crippen LogP contribution in [0.1, 0.15) is 50.3 Å². The average molecular weight is 469 g/mol. The third kappa shape index (κ3) is 5.71. The first-order valence-electron chi connectivity index (χ1n) is 11.3. The molecule has 0 spiro atoms. The zero-order chi connectivity index (χ0) is 24.1. The number of benzene rings is 2. The molecule has 3 rings (SSSR count). The zero-order valence-electron chi connectivity index (χ0n) is 19.9. The van der Waals surface area contributed by atoms with E-state index in [-0.39, 0.29) is 30.0 Å². The number of phenolic OH excluding ortho intramolecular Hbond substituents is 1. The van der Waals surface area contributed by atoms with Crippen LogP contribution in [0.15, 0.2) is 41.3 Å². The summed E-state index contributed by atoms with van der Waals surface area (Å²) >= 11 is 0.883. The van der Waals surface area contributed by atoms with E-state index >= 15 is 0 Å². The predicted molar refractivity (Wildman–Crippen MR) is 135 cm³/mol. The Morgan fingerprint density at radius 3 is 2.48 bits per heavy atom. The third-order valence-corrected chi connectivity index (χ3v) is 6.57. The number of phenols is 1. The number of hydrogen-bond acceptors (Lipinski definition) is 6. The van der Waals surface area contributed by atoms with Gasteiger partial charge in [0.05, 0.1) is 11.4 Å². The van der Waals surface area contributed by atoms with Crippen molar-refractivity contribution in [3.05, 3.63) is 58.0 Å². The maximum absolute atomic E-state index is 12.8. The van der Waals surface area contributed by atoms with Gasteiger partial charge in [-0.1, -0.05) is 26.0 Å². The molecule has 0 aliphatic carbocycles. The molecule has 0 radical (unpaired) electrons. The Hall–Kier alpha value is -2.93. The third-order valence-electron chi connectivity index (χ3n) is 5.67. The number of anilines is 1. The molecule has 2 aromatic rings. The van der Waals surface area contributed by atoms with Gasteiger partial charge in [0.25, 0.3) is 11.1 Å². The molecule has 2 aromatic carbocycles. The summed E-state index contributed by atoms with van der Waals surface area (Å²) in [5, 5.41) is 10.1. The standard InChI is InChI=1S/C26H32N2O4S/c1-6-27(7-2)20-10-9-19(22(29)16-20)15-24-25(30)28(26(31)33-24)12-13-32-23-14-18(5)8-11-21(23)17(3)4/h8-11,14-17,29H,6-7,12-13H2,1-5H3/b24-15-. The fourth-order valence-corrected chi connectivity index (χ4v) is 4.62. The number of hydrogen-bond donors (Lipinski definition) is 1. The summed E-state index contributed by atoms with van der Waals surface area (Å²) in [7, 11) is 0. The van der Waals surface area contributed by atoms with Crippen molar-refractivity contribution in [2.24, 2.45) is 0 Å². The molecule has 1 N–H and O–H groups in total. The number of thioether (sulfide) groups is 1. The molecular weight excluding hydrogens is 436 g/mol. The fraction of sp³-hybridized carbons (Fsp3) is 0.385. The number of carbonyl (C=O) groups is 2. The van der Waals surface area contributed by atoms with E-state index in [1.807, 2.05) is 25.1 Å². The Kier molecular flexibility index (Phi) is 8.08. The summed E-state index contributed by atoms with van der Waals surface area (Å²) in [6.07, 6.45) is 1.57. The van der Waals surface area contributed by atoms with E-state index in [2.05, 4.69) is 38.7 Å². The number of ether oxygens (including phenoxy) is 1. The van der Waals surface area contributed by atoms with Crippen LogP contribution in [0.5, 0.6) is 11.5 Å². The molecule has 1 aliphatic heterocycles. The van der Waals surface area contributed by atoms with Crippen LogP contribution in [0.2, 0.25) is 0 Å². The Morgan fingerprint density at radius 2 is 1.85 bits per heavy atom. The lowest BCUT2D eigenvalue weighted by molar-refractivity contribution is -0.123. The molecular formula is C26H32N2O4S. The van der Waals surface area contributed by atoms with E-state index < -0.39 is 0 Å². The minimum atomic E-state index is -0.367. The molecule has 1 saturated heterocycles. The van der Waals surface area contributed by atoms with Crippen molar-refractivity contribution >= 4 is 34.7 Å². The number of aryl methyl sites for hydroxylation is 1. The summed E-state index contributed by atoms with van der Waals surface area (Å²) < 4.78 is 5.95. The first-order chi connectivity index (χ1) is 15.7. The summed E-state index contributed by atoms with van der Waals surface area (Å²) in [4.78, 5) is 28.9. The molecule has 1 aliphatic rings. The first kappa shape index (κ1) is 24.7. The summed E-state index contributed by atoms with van der Waals surface area (Å²) in [5.74, 6) is 0.802. The van der Waals surface area contributed by atoms with Gasteiger partial charge in [-0.05, 0) is 73.9 Å². The van der Waals surface area contributed by atoms with Crippen molar-refractivity contribution in [2.75, 3.05) is 31.1 Å². The highest BCUT2D eigenvalue weighted by Gasteiger charge is 2.35. The normalized spacial score (nSPS) is 15.1. The number of carbonyl (C=O) groups excluding carboxylic acids is 2. The zero-order valence-corrected chi connectivity index (χ0v) is 20.7. The van der Waals surface area contributed by atoms with E-state index in [0.29, 0.717) is 16.4 Å². The Bertz CT molecular complexity index is 1060. The van der Waals surface area contributed by atoms with Crippen LogP contribution >= 0.6 is 11.8 Å². The maximum Gasteiger partial charge on any atom is 0.293 e. The SMILES string of the molecule is CCN(CC)c1ccc(/C=C2\SC(=O)N(CCOc3cc(C)ccc3C(C)C)C2=O)c(O)c1. The van der Waals surface area contributed by atoms with E-state index in [4.69, 9.17) is 4.74 Å². The highest BCUT2D eigenvalue weighted by Crippen LogP contribution is 2.35. The number of aromatic hydroxyl groups is 1. The van der Waals surface area contributed by atoms with Gasteiger partial charge < -0.3 is 14.7 Å². The molecule has 6 nitrogen and oxygen atoms in total. The molecule has 0 saturated carbocycles. The van der Waals surface area contributed by atoms with E-state index in [1.165, 1.54) is 4.90 Å². The van der Waals surface area contributed by atoms with Crippen LogP contribution in [0.3, 0.4) is 0 Å². The van der Waals surface area contributed by atoms with Crippen molar-refractivity contribution in [2.45, 2.75) is 40.5 Å². The molecule has 0 atom stereocenters.